The molecule has 1 aliphatic heterocycles. The van der Waals surface area contributed by atoms with Crippen LogP contribution in [0.25, 0.3) is 0 Å². The molecule has 0 amide bonds. The topological polar surface area (TPSA) is 47.7 Å². The Morgan fingerprint density at radius 3 is 2.30 bits per heavy atom. The summed E-state index contributed by atoms with van der Waals surface area (Å²) in [5.74, 6) is 1.62. The summed E-state index contributed by atoms with van der Waals surface area (Å²) in [5, 5.41) is 0. The fourth-order valence-electron chi connectivity index (χ4n) is 2.86. The highest BCUT2D eigenvalue weighted by Gasteiger charge is 2.28. The van der Waals surface area contributed by atoms with Crippen LogP contribution in [0, 0.1) is 0 Å². The molecule has 1 aliphatic rings. The average Bonchev–Trinajstić information content (AvgIpc) is 2.55. The molecule has 122 valence electrons. The van der Waals surface area contributed by atoms with Crippen molar-refractivity contribution in [2.24, 2.45) is 5.73 Å². The minimum Gasteiger partial charge on any atom is -0.493 e. The molecular formula is C19H24N2O2. The van der Waals surface area contributed by atoms with Gasteiger partial charge in [0.1, 0.15) is 6.10 Å². The van der Waals surface area contributed by atoms with Crippen molar-refractivity contribution in [3.05, 3.63) is 59.7 Å². The molecule has 4 heteroatoms. The zero-order valence-corrected chi connectivity index (χ0v) is 13.6. The molecule has 0 radical (unpaired) electrons. The van der Waals surface area contributed by atoms with Crippen LogP contribution < -0.4 is 15.2 Å². The number of methoxy groups -OCH3 is 1. The Morgan fingerprint density at radius 2 is 1.65 bits per heavy atom. The second-order valence-corrected chi connectivity index (χ2v) is 5.94. The number of nitrogens with zero attached hydrogens (tertiary/aromatic N) is 1. The van der Waals surface area contributed by atoms with Gasteiger partial charge in [-0.1, -0.05) is 36.4 Å². The van der Waals surface area contributed by atoms with Crippen LogP contribution in [0.4, 0.5) is 0 Å². The smallest absolute Gasteiger partial charge is 0.161 e. The summed E-state index contributed by atoms with van der Waals surface area (Å²) in [6.07, 6.45) is 1.18. The van der Waals surface area contributed by atoms with E-state index in [2.05, 4.69) is 29.2 Å². The van der Waals surface area contributed by atoms with Gasteiger partial charge in [0.25, 0.3) is 0 Å². The van der Waals surface area contributed by atoms with Crippen LogP contribution in [0.2, 0.25) is 0 Å². The molecule has 1 saturated heterocycles. The van der Waals surface area contributed by atoms with E-state index in [4.69, 9.17) is 15.2 Å². The zero-order valence-electron chi connectivity index (χ0n) is 13.6. The summed E-state index contributed by atoms with van der Waals surface area (Å²) in [7, 11) is 1.67. The Morgan fingerprint density at radius 1 is 1.00 bits per heavy atom. The molecule has 0 spiro atoms. The van der Waals surface area contributed by atoms with Crippen molar-refractivity contribution >= 4 is 0 Å². The van der Waals surface area contributed by atoms with Gasteiger partial charge in [-0.25, -0.2) is 0 Å². The van der Waals surface area contributed by atoms with E-state index in [0.29, 0.717) is 6.54 Å². The lowest BCUT2D eigenvalue weighted by molar-refractivity contribution is 0.0131. The molecule has 3 rings (SSSR count). The number of hydrogen-bond donors (Lipinski definition) is 1. The lowest BCUT2D eigenvalue weighted by Crippen LogP contribution is -2.53. The standard InChI is InChI=1S/C19H24N2O2/c1-22-18-4-2-3-5-19(18)23-17-13-21(14-17)12-16-8-6-15(7-9-16)10-11-20/h2-9,17H,10-14,20H2,1H3. The fourth-order valence-corrected chi connectivity index (χ4v) is 2.86. The molecule has 0 aromatic heterocycles. The molecular weight excluding hydrogens is 288 g/mol. The highest BCUT2D eigenvalue weighted by Crippen LogP contribution is 2.29. The van der Waals surface area contributed by atoms with Crippen LogP contribution in [0.15, 0.2) is 48.5 Å². The largest absolute Gasteiger partial charge is 0.493 e. The third-order valence-corrected chi connectivity index (χ3v) is 4.15. The van der Waals surface area contributed by atoms with Crippen molar-refractivity contribution in [2.45, 2.75) is 19.1 Å². The molecule has 0 aliphatic carbocycles. The van der Waals surface area contributed by atoms with Gasteiger partial charge in [-0.3, -0.25) is 4.90 Å². The Kier molecular flexibility index (Phi) is 5.16. The summed E-state index contributed by atoms with van der Waals surface area (Å²) in [6.45, 7) is 3.56. The third-order valence-electron chi connectivity index (χ3n) is 4.15. The predicted molar refractivity (Wildman–Crippen MR) is 91.9 cm³/mol. The van der Waals surface area contributed by atoms with E-state index in [1.54, 1.807) is 7.11 Å². The van der Waals surface area contributed by atoms with E-state index in [1.165, 1.54) is 11.1 Å². The number of hydrogen-bond acceptors (Lipinski definition) is 4. The Hall–Kier alpha value is -2.04. The molecule has 1 fully saturated rings. The van der Waals surface area contributed by atoms with E-state index in [-0.39, 0.29) is 6.10 Å². The van der Waals surface area contributed by atoms with Gasteiger partial charge in [0.05, 0.1) is 7.11 Å². The fraction of sp³-hybridized carbons (Fsp3) is 0.368. The molecule has 2 aromatic rings. The van der Waals surface area contributed by atoms with E-state index in [9.17, 15) is 0 Å². The monoisotopic (exact) mass is 312 g/mol. The molecule has 0 unspecified atom stereocenters. The third kappa shape index (κ3) is 4.03. The normalized spacial score (nSPS) is 15.2. The van der Waals surface area contributed by atoms with Crippen molar-refractivity contribution in [1.82, 2.24) is 4.90 Å². The van der Waals surface area contributed by atoms with Crippen LogP contribution in [0.5, 0.6) is 11.5 Å². The summed E-state index contributed by atoms with van der Waals surface area (Å²) >= 11 is 0. The summed E-state index contributed by atoms with van der Waals surface area (Å²) in [4.78, 5) is 2.39. The molecule has 0 atom stereocenters. The summed E-state index contributed by atoms with van der Waals surface area (Å²) in [5.41, 5.74) is 8.22. The van der Waals surface area contributed by atoms with Gasteiger partial charge in [-0.2, -0.15) is 0 Å². The summed E-state index contributed by atoms with van der Waals surface area (Å²) in [6, 6.07) is 16.5. The SMILES string of the molecule is COc1ccccc1OC1CN(Cc2ccc(CCN)cc2)C1. The molecule has 2 aromatic carbocycles. The number of nitrogens with two attached hydrogens (primary N) is 1. The van der Waals surface area contributed by atoms with Gasteiger partial charge < -0.3 is 15.2 Å². The number of rotatable bonds is 7. The first kappa shape index (κ1) is 15.8. The van der Waals surface area contributed by atoms with Gasteiger partial charge in [-0.05, 0) is 36.2 Å². The zero-order chi connectivity index (χ0) is 16.1. The second kappa shape index (κ2) is 7.49. The maximum Gasteiger partial charge on any atom is 0.161 e. The van der Waals surface area contributed by atoms with Crippen LogP contribution in [-0.2, 0) is 13.0 Å². The minimum atomic E-state index is 0.239. The molecule has 0 bridgehead atoms. The first-order valence-electron chi connectivity index (χ1n) is 8.08. The van der Waals surface area contributed by atoms with Gasteiger partial charge in [0.2, 0.25) is 0 Å². The molecule has 2 N–H and O–H groups in total. The Bertz CT molecular complexity index is 622. The number of likely N-dealkylation sites (tertiary alicyclic amines) is 1. The average molecular weight is 312 g/mol. The van der Waals surface area contributed by atoms with Crippen molar-refractivity contribution in [2.75, 3.05) is 26.7 Å². The minimum absolute atomic E-state index is 0.239. The highest BCUT2D eigenvalue weighted by atomic mass is 16.5. The van der Waals surface area contributed by atoms with Crippen LogP contribution >= 0.6 is 0 Å². The quantitative estimate of drug-likeness (QED) is 0.853. The molecule has 4 nitrogen and oxygen atoms in total. The van der Waals surface area contributed by atoms with Crippen molar-refractivity contribution in [3.63, 3.8) is 0 Å². The van der Waals surface area contributed by atoms with Crippen molar-refractivity contribution in [1.29, 1.82) is 0 Å². The van der Waals surface area contributed by atoms with Crippen LogP contribution in [-0.4, -0.2) is 37.7 Å². The molecule has 0 saturated carbocycles. The number of ether oxygens (including phenoxy) is 2. The van der Waals surface area contributed by atoms with E-state index in [0.717, 1.165) is 37.6 Å². The van der Waals surface area contributed by atoms with Crippen LogP contribution in [0.1, 0.15) is 11.1 Å². The maximum atomic E-state index is 6.01. The maximum absolute atomic E-state index is 6.01. The molecule has 23 heavy (non-hydrogen) atoms. The predicted octanol–water partition coefficient (Wildman–Crippen LogP) is 2.46. The lowest BCUT2D eigenvalue weighted by atomic mass is 10.1. The molecule has 1 heterocycles. The number of para-hydroxylation sites is 2. The summed E-state index contributed by atoms with van der Waals surface area (Å²) < 4.78 is 11.3. The van der Waals surface area contributed by atoms with Gasteiger partial charge in [-0.15, -0.1) is 0 Å². The van der Waals surface area contributed by atoms with Crippen molar-refractivity contribution in [3.8, 4) is 11.5 Å². The van der Waals surface area contributed by atoms with E-state index >= 15 is 0 Å². The second-order valence-electron chi connectivity index (χ2n) is 5.94. The van der Waals surface area contributed by atoms with Crippen molar-refractivity contribution < 1.29 is 9.47 Å². The van der Waals surface area contributed by atoms with Gasteiger partial charge in [0.15, 0.2) is 11.5 Å². The van der Waals surface area contributed by atoms with Gasteiger partial charge in [0, 0.05) is 19.6 Å². The van der Waals surface area contributed by atoms with Crippen LogP contribution in [0.3, 0.4) is 0 Å². The number of benzene rings is 2. The Labute approximate surface area is 137 Å². The first-order chi connectivity index (χ1) is 11.3. The first-order valence-corrected chi connectivity index (χ1v) is 8.08. The van der Waals surface area contributed by atoms with E-state index < -0.39 is 0 Å². The highest BCUT2D eigenvalue weighted by molar-refractivity contribution is 5.39. The Balaban J connectivity index is 1.47. The van der Waals surface area contributed by atoms with E-state index in [1.807, 2.05) is 24.3 Å². The lowest BCUT2D eigenvalue weighted by Gasteiger charge is -2.39. The van der Waals surface area contributed by atoms with Gasteiger partial charge >= 0.3 is 0 Å².